The second kappa shape index (κ2) is 7.42. The first kappa shape index (κ1) is 19.6. The lowest BCUT2D eigenvalue weighted by Gasteiger charge is -2.42. The summed E-state index contributed by atoms with van der Waals surface area (Å²) < 4.78 is 21.0. The van der Waals surface area contributed by atoms with Crippen LogP contribution >= 0.6 is 22.6 Å². The van der Waals surface area contributed by atoms with Gasteiger partial charge in [0.2, 0.25) is 0 Å². The third kappa shape index (κ3) is 3.16. The van der Waals surface area contributed by atoms with E-state index in [0.29, 0.717) is 5.92 Å². The Bertz CT molecular complexity index is 1030. The van der Waals surface area contributed by atoms with Gasteiger partial charge in [-0.05, 0) is 59.9 Å². The monoisotopic (exact) mass is 522 g/mol. The molecular formula is C20H25IN5O2Si. The smallest absolute Gasteiger partial charge is 0.381 e. The maximum atomic E-state index is 11.5. The first-order valence-electron chi connectivity index (χ1n) is 10.3. The van der Waals surface area contributed by atoms with Crippen molar-refractivity contribution in [1.29, 1.82) is 0 Å². The summed E-state index contributed by atoms with van der Waals surface area (Å²) in [5, 5.41) is 0. The van der Waals surface area contributed by atoms with Gasteiger partial charge in [-0.1, -0.05) is 13.8 Å². The van der Waals surface area contributed by atoms with Crippen LogP contribution in [0.25, 0.3) is 16.8 Å². The molecule has 9 heteroatoms. The zero-order valence-corrected chi connectivity index (χ0v) is 19.8. The van der Waals surface area contributed by atoms with Gasteiger partial charge >= 0.3 is 9.57 Å². The van der Waals surface area contributed by atoms with Crippen molar-refractivity contribution >= 4 is 54.8 Å². The van der Waals surface area contributed by atoms with Crippen LogP contribution < -0.4 is 9.88 Å². The number of rotatable bonds is 5. The van der Waals surface area contributed by atoms with Gasteiger partial charge < -0.3 is 19.1 Å². The lowest BCUT2D eigenvalue weighted by atomic mass is 9.72. The Morgan fingerprint density at radius 3 is 2.90 bits per heavy atom. The van der Waals surface area contributed by atoms with Crippen molar-refractivity contribution < 1.29 is 9.20 Å². The third-order valence-electron chi connectivity index (χ3n) is 6.63. The second-order valence-corrected chi connectivity index (χ2v) is 10.5. The molecule has 5 heterocycles. The molecule has 3 aromatic rings. The standard InChI is InChI=1S/C20H25IN5O2Si/c1-12(2)9-15-17(24-29-27)20(11-28-15)5-7-25(8-6-20)19-14-10-22-18-13(21)3-4-16(23-19)26(14)18/h3-4,10,12,15,17,24H,5-9,11H2,1-2H3/t15-,17+/m0/s1. The number of ether oxygens (including phenoxy) is 1. The first-order chi connectivity index (χ1) is 14.0. The van der Waals surface area contributed by atoms with Crippen LogP contribution in [0, 0.1) is 14.9 Å². The second-order valence-electron chi connectivity index (χ2n) is 8.83. The Morgan fingerprint density at radius 1 is 1.38 bits per heavy atom. The van der Waals surface area contributed by atoms with Gasteiger partial charge in [-0.3, -0.25) is 4.40 Å². The summed E-state index contributed by atoms with van der Waals surface area (Å²) in [6, 6.07) is 4.30. The van der Waals surface area contributed by atoms with Gasteiger partial charge in [0.25, 0.3) is 0 Å². The molecule has 29 heavy (non-hydrogen) atoms. The van der Waals surface area contributed by atoms with Gasteiger partial charge in [0.05, 0.1) is 28.5 Å². The Hall–Kier alpha value is -1.33. The topological polar surface area (TPSA) is 71.8 Å². The molecule has 7 nitrogen and oxygen atoms in total. The van der Waals surface area contributed by atoms with Gasteiger partial charge in [-0.25, -0.2) is 9.97 Å². The molecule has 0 saturated carbocycles. The van der Waals surface area contributed by atoms with E-state index < -0.39 is 9.57 Å². The van der Waals surface area contributed by atoms with E-state index in [-0.39, 0.29) is 17.6 Å². The molecule has 0 bridgehead atoms. The summed E-state index contributed by atoms with van der Waals surface area (Å²) >= 11 is 2.33. The largest absolute Gasteiger partial charge is 0.463 e. The van der Waals surface area contributed by atoms with E-state index in [9.17, 15) is 4.46 Å². The number of hydrogen-bond donors (Lipinski definition) is 1. The molecular weight excluding hydrogens is 497 g/mol. The number of anilines is 1. The predicted octanol–water partition coefficient (Wildman–Crippen LogP) is 2.88. The van der Waals surface area contributed by atoms with Gasteiger partial charge in [0.15, 0.2) is 11.5 Å². The Morgan fingerprint density at radius 2 is 2.17 bits per heavy atom. The molecule has 2 aliphatic heterocycles. The molecule has 2 aliphatic rings. The number of nitrogens with zero attached hydrogens (tertiary/aromatic N) is 4. The predicted molar refractivity (Wildman–Crippen MR) is 121 cm³/mol. The summed E-state index contributed by atoms with van der Waals surface area (Å²) in [5.74, 6) is 1.59. The SMILES string of the molecule is CC(C)C[C@@H]1OCC2(CCN(c3nc4ccc(I)c5ncc3n45)CC2)[C@@H]1N[Si]=O. The molecule has 1 spiro atoms. The minimum absolute atomic E-state index is 0.0571. The zero-order valence-electron chi connectivity index (χ0n) is 16.7. The van der Waals surface area contributed by atoms with E-state index in [1.165, 1.54) is 0 Å². The van der Waals surface area contributed by atoms with Crippen molar-refractivity contribution in [3.63, 3.8) is 0 Å². The number of piperidine rings is 1. The number of halogens is 1. The molecule has 5 rings (SSSR count). The molecule has 0 unspecified atom stereocenters. The fourth-order valence-electron chi connectivity index (χ4n) is 5.14. The maximum absolute atomic E-state index is 11.5. The van der Waals surface area contributed by atoms with Crippen molar-refractivity contribution in [3.8, 4) is 0 Å². The van der Waals surface area contributed by atoms with Crippen LogP contribution in [0.15, 0.2) is 18.3 Å². The van der Waals surface area contributed by atoms with Gasteiger partial charge in [0, 0.05) is 18.5 Å². The quantitative estimate of drug-likeness (QED) is 0.411. The normalized spacial score (nSPS) is 24.3. The highest BCUT2D eigenvalue weighted by molar-refractivity contribution is 14.1. The van der Waals surface area contributed by atoms with E-state index in [4.69, 9.17) is 9.72 Å². The van der Waals surface area contributed by atoms with Crippen molar-refractivity contribution in [3.05, 3.63) is 21.9 Å². The average Bonchev–Trinajstić information content (AvgIpc) is 3.38. The Kier molecular flexibility index (Phi) is 5.02. The minimum atomic E-state index is -0.491. The van der Waals surface area contributed by atoms with Crippen LogP contribution in [0.1, 0.15) is 33.1 Å². The summed E-state index contributed by atoms with van der Waals surface area (Å²) in [5.41, 5.74) is 3.07. The van der Waals surface area contributed by atoms with E-state index >= 15 is 0 Å². The molecule has 2 saturated heterocycles. The number of nitrogens with one attached hydrogen (secondary N) is 1. The lowest BCUT2D eigenvalue weighted by molar-refractivity contribution is 0.0750. The van der Waals surface area contributed by atoms with Crippen LogP contribution in [0.5, 0.6) is 0 Å². The molecule has 1 N–H and O–H groups in total. The highest BCUT2D eigenvalue weighted by Gasteiger charge is 2.51. The lowest BCUT2D eigenvalue weighted by Crippen LogP contribution is -2.53. The molecule has 1 radical (unpaired) electrons. The van der Waals surface area contributed by atoms with Crippen LogP contribution in [0.2, 0.25) is 0 Å². The number of hydrogen-bond acceptors (Lipinski definition) is 5. The average molecular weight is 522 g/mol. The molecule has 2 atom stereocenters. The van der Waals surface area contributed by atoms with Crippen molar-refractivity contribution in [1.82, 2.24) is 19.4 Å². The number of imidazole rings is 2. The zero-order chi connectivity index (χ0) is 20.2. The van der Waals surface area contributed by atoms with E-state index in [2.05, 4.69) is 67.8 Å². The highest BCUT2D eigenvalue weighted by Crippen LogP contribution is 2.44. The summed E-state index contributed by atoms with van der Waals surface area (Å²) in [6.07, 6.45) is 5.11. The Balaban J connectivity index is 1.39. The third-order valence-corrected chi connectivity index (χ3v) is 7.90. The highest BCUT2D eigenvalue weighted by atomic mass is 127. The Labute approximate surface area is 186 Å². The fraction of sp³-hybridized carbons (Fsp3) is 0.600. The van der Waals surface area contributed by atoms with Crippen molar-refractivity contribution in [2.75, 3.05) is 24.6 Å². The fourth-order valence-corrected chi connectivity index (χ4v) is 6.32. The van der Waals surface area contributed by atoms with Gasteiger partial charge in [-0.2, -0.15) is 0 Å². The summed E-state index contributed by atoms with van der Waals surface area (Å²) in [4.78, 5) is 15.2. The van der Waals surface area contributed by atoms with E-state index in [1.54, 1.807) is 0 Å². The molecule has 2 fully saturated rings. The number of aromatic nitrogens is 3. The molecule has 0 aromatic carbocycles. The van der Waals surface area contributed by atoms with Crippen molar-refractivity contribution in [2.24, 2.45) is 11.3 Å². The summed E-state index contributed by atoms with van der Waals surface area (Å²) in [6.45, 7) is 7.04. The van der Waals surface area contributed by atoms with Crippen LogP contribution in [0.4, 0.5) is 5.82 Å². The molecule has 0 aliphatic carbocycles. The molecule has 0 amide bonds. The van der Waals surface area contributed by atoms with Crippen LogP contribution in [-0.4, -0.2) is 55.8 Å². The van der Waals surface area contributed by atoms with Crippen LogP contribution in [0.3, 0.4) is 0 Å². The van der Waals surface area contributed by atoms with Gasteiger partial charge in [-0.15, -0.1) is 0 Å². The van der Waals surface area contributed by atoms with E-state index in [1.807, 2.05) is 6.20 Å². The minimum Gasteiger partial charge on any atom is -0.381 e. The number of pyridine rings is 1. The van der Waals surface area contributed by atoms with Crippen LogP contribution in [-0.2, 0) is 9.20 Å². The summed E-state index contributed by atoms with van der Waals surface area (Å²) in [7, 11) is -0.491. The van der Waals surface area contributed by atoms with Gasteiger partial charge in [0.1, 0.15) is 11.2 Å². The molecule has 3 aromatic heterocycles. The molecule has 153 valence electrons. The first-order valence-corrected chi connectivity index (χ1v) is 12.3. The van der Waals surface area contributed by atoms with E-state index in [0.717, 1.165) is 65.2 Å². The van der Waals surface area contributed by atoms with Crippen molar-refractivity contribution in [2.45, 2.75) is 45.3 Å². The maximum Gasteiger partial charge on any atom is 0.463 e.